The number of non-ortho nitro benzene ring substituents is 2. The van der Waals surface area contributed by atoms with Gasteiger partial charge in [-0.3, -0.25) is 49.1 Å². The van der Waals surface area contributed by atoms with E-state index in [2.05, 4.69) is 30.7 Å². The predicted octanol–water partition coefficient (Wildman–Crippen LogP) is -4.39. The van der Waals surface area contributed by atoms with E-state index in [1.54, 1.807) is 67.6 Å². The molecule has 62 heavy (non-hydrogen) atoms. The Kier molecular flexibility index (Phi) is 20.7. The molecule has 0 fully saturated rings. The van der Waals surface area contributed by atoms with Crippen LogP contribution in [0.3, 0.4) is 0 Å². The Morgan fingerprint density at radius 3 is 1.35 bits per heavy atom. The number of nitro groups is 2. The molecule has 0 radical (unpaired) electrons. The van der Waals surface area contributed by atoms with Crippen LogP contribution in [-0.2, 0) is 37.6 Å². The van der Waals surface area contributed by atoms with Gasteiger partial charge in [-0.15, -0.1) is 15.3 Å². The maximum absolute atomic E-state index is 12.6. The van der Waals surface area contributed by atoms with E-state index in [1.165, 1.54) is 16.3 Å². The van der Waals surface area contributed by atoms with Gasteiger partial charge >= 0.3 is 105 Å². The molecule has 2 aromatic heterocycles. The third kappa shape index (κ3) is 13.0. The molecule has 0 bridgehead atoms. The Bertz CT molecular complexity index is 2810. The molecule has 6 rings (SSSR count). The largest absolute Gasteiger partial charge is 1.00 e. The summed E-state index contributed by atoms with van der Waals surface area (Å²) in [6.07, 6.45) is 0. The SMILES string of the molecule is Cc1[nH]n(-c2ccccc2)c(=O)c1N=Nc1cc([N+](=O)[O-])cc(S(=O)(=O)O)c1[O-].Cc1[nH]n(-c2ccccc2)c(=O)c1N=Nc1cc([N+](=O)[O-])cc(S(=O)(=O)O)c1[OH2+].[Cr].[Na+].[Na+].[Na+]. The second-order valence-corrected chi connectivity index (χ2v) is 14.4. The Balaban J connectivity index is 0.000000582. The van der Waals surface area contributed by atoms with Gasteiger partial charge in [0.15, 0.2) is 22.0 Å². The van der Waals surface area contributed by atoms with Gasteiger partial charge in [-0.25, -0.2) is 9.36 Å². The number of H-pyrrole nitrogens is 2. The van der Waals surface area contributed by atoms with E-state index in [0.717, 1.165) is 6.07 Å². The van der Waals surface area contributed by atoms with Crippen LogP contribution in [-0.4, -0.2) is 60.5 Å². The molecule has 2 heterocycles. The molecule has 0 aliphatic rings. The molecule has 0 atom stereocenters. The van der Waals surface area contributed by atoms with Crippen molar-refractivity contribution in [1.82, 2.24) is 19.6 Å². The first-order valence-corrected chi connectivity index (χ1v) is 18.6. The summed E-state index contributed by atoms with van der Waals surface area (Å²) in [7, 11) is -9.94. The summed E-state index contributed by atoms with van der Waals surface area (Å²) in [6.45, 7) is 3.07. The summed E-state index contributed by atoms with van der Waals surface area (Å²) >= 11 is 0. The van der Waals surface area contributed by atoms with Crippen molar-refractivity contribution in [3.63, 3.8) is 0 Å². The number of aryl methyl sites for hydroxylation is 2. The number of benzene rings is 4. The summed E-state index contributed by atoms with van der Waals surface area (Å²) in [5, 5.41) is 62.2. The molecule has 0 saturated heterocycles. The first kappa shape index (κ1) is 55.9. The summed E-state index contributed by atoms with van der Waals surface area (Å²) in [5.74, 6) is -2.09. The monoisotopic (exact) mass is 959 g/mol. The van der Waals surface area contributed by atoms with Crippen LogP contribution >= 0.6 is 0 Å². The topological polar surface area (TPSA) is 366 Å². The zero-order chi connectivity index (χ0) is 42.7. The van der Waals surface area contributed by atoms with Gasteiger partial charge < -0.3 is 10.2 Å². The fourth-order valence-corrected chi connectivity index (χ4v) is 6.20. The van der Waals surface area contributed by atoms with Crippen molar-refractivity contribution in [2.75, 3.05) is 0 Å². The fourth-order valence-electron chi connectivity index (χ4n) is 4.96. The number of nitro benzene ring substituents is 2. The second-order valence-electron chi connectivity index (χ2n) is 11.6. The zero-order valence-corrected chi connectivity index (χ0v) is 41.7. The van der Waals surface area contributed by atoms with Crippen LogP contribution in [0.25, 0.3) is 11.4 Å². The maximum atomic E-state index is 12.6. The summed E-state index contributed by atoms with van der Waals surface area (Å²) in [4.78, 5) is 43.1. The fraction of sp³-hybridized carbons (Fsp3) is 0.0625. The van der Waals surface area contributed by atoms with Gasteiger partial charge in [-0.05, 0) is 38.1 Å². The summed E-state index contributed by atoms with van der Waals surface area (Å²) in [5.41, 5.74) is -2.56. The van der Waals surface area contributed by atoms with Crippen LogP contribution in [0.15, 0.2) is 125 Å². The quantitative estimate of drug-likeness (QED) is 0.0252. The van der Waals surface area contributed by atoms with Gasteiger partial charge in [-0.2, -0.15) is 21.9 Å². The summed E-state index contributed by atoms with van der Waals surface area (Å²) < 4.78 is 66.2. The average molecular weight is 960 g/mol. The molecule has 0 saturated carbocycles. The maximum Gasteiger partial charge on any atom is 1.00 e. The molecule has 24 nitrogen and oxygen atoms in total. The minimum absolute atomic E-state index is 0. The van der Waals surface area contributed by atoms with Gasteiger partial charge in [0.2, 0.25) is 0 Å². The first-order valence-electron chi connectivity index (χ1n) is 15.7. The van der Waals surface area contributed by atoms with E-state index in [9.17, 15) is 56.3 Å². The van der Waals surface area contributed by atoms with E-state index < -0.39 is 85.2 Å². The number of nitrogens with one attached hydrogen (secondary N) is 2. The number of aromatic nitrogens is 4. The Morgan fingerprint density at radius 2 is 0.984 bits per heavy atom. The molecule has 30 heteroatoms. The Hall–Kier alpha value is -4.15. The van der Waals surface area contributed by atoms with Crippen LogP contribution in [0, 0.1) is 34.1 Å². The predicted molar refractivity (Wildman–Crippen MR) is 199 cm³/mol. The van der Waals surface area contributed by atoms with E-state index >= 15 is 0 Å². The van der Waals surface area contributed by atoms with Crippen molar-refractivity contribution < 1.29 is 152 Å². The van der Waals surface area contributed by atoms with Crippen molar-refractivity contribution in [2.45, 2.75) is 23.6 Å². The third-order valence-corrected chi connectivity index (χ3v) is 9.43. The number of aromatic amines is 2. The van der Waals surface area contributed by atoms with E-state index in [0.29, 0.717) is 35.3 Å². The average Bonchev–Trinajstić information content (AvgIpc) is 3.61. The van der Waals surface area contributed by atoms with E-state index in [4.69, 9.17) is 9.66 Å². The first-order chi connectivity index (χ1) is 27.2. The molecule has 4 aromatic carbocycles. The van der Waals surface area contributed by atoms with E-state index in [-0.39, 0.29) is 123 Å². The van der Waals surface area contributed by atoms with Crippen LogP contribution in [0.4, 0.5) is 34.1 Å². The van der Waals surface area contributed by atoms with E-state index in [1.807, 2.05) is 0 Å². The van der Waals surface area contributed by atoms with Crippen LogP contribution < -0.4 is 105 Å². The van der Waals surface area contributed by atoms with Crippen molar-refractivity contribution in [3.8, 4) is 22.9 Å². The molecule has 0 spiro atoms. The minimum Gasteiger partial charge on any atom is -0.870 e. The number of azo groups is 2. The van der Waals surface area contributed by atoms with Crippen molar-refractivity contribution >= 4 is 54.4 Å². The number of para-hydroxylation sites is 2. The minimum atomic E-state index is -5.03. The zero-order valence-electron chi connectivity index (χ0n) is 32.8. The molecule has 306 valence electrons. The van der Waals surface area contributed by atoms with Gasteiger partial charge in [-0.1, -0.05) is 42.1 Å². The van der Waals surface area contributed by atoms with Crippen LogP contribution in [0.2, 0.25) is 0 Å². The Labute approximate surface area is 425 Å². The number of rotatable bonds is 10. The molecular weight excluding hydrogens is 934 g/mol. The molecule has 0 amide bonds. The van der Waals surface area contributed by atoms with Crippen molar-refractivity contribution in [1.29, 1.82) is 0 Å². The van der Waals surface area contributed by atoms with Crippen molar-refractivity contribution in [3.05, 3.63) is 137 Å². The standard InChI is InChI=1S/2C16H13N5O7S.Cr.3Na/c2*1-9-14(16(23)20(19-9)10-5-3-2-4-6-10)18-17-12-7-11(21(24)25)8-13(15(12)22)29(26,27)28;;;;/h2*2-8,19,22H,1H3,(H,26,27,28);;;;/q;;;3*+1. The van der Waals surface area contributed by atoms with Gasteiger partial charge in [0, 0.05) is 35.6 Å². The molecule has 6 N–H and O–H groups in total. The molecule has 0 aliphatic heterocycles. The number of hydrogen-bond acceptors (Lipinski definition) is 15. The van der Waals surface area contributed by atoms with Crippen molar-refractivity contribution in [2.24, 2.45) is 20.5 Å². The Morgan fingerprint density at radius 1 is 0.629 bits per heavy atom. The van der Waals surface area contributed by atoms with Crippen LogP contribution in [0.5, 0.6) is 11.5 Å². The van der Waals surface area contributed by atoms with Gasteiger partial charge in [0.25, 0.3) is 32.6 Å². The molecule has 0 aliphatic carbocycles. The smallest absolute Gasteiger partial charge is 0.870 e. The molecule has 6 aromatic rings. The molecular formula is C32H26CrN10Na3O14S2+3. The second kappa shape index (κ2) is 23.0. The normalized spacial score (nSPS) is 11.0. The third-order valence-electron chi connectivity index (χ3n) is 7.69. The number of nitrogens with zero attached hydrogens (tertiary/aromatic N) is 8. The van der Waals surface area contributed by atoms with Gasteiger partial charge in [0.05, 0.1) is 49.3 Å². The molecule has 0 unspecified atom stereocenters. The van der Waals surface area contributed by atoms with Gasteiger partial charge in [0.1, 0.15) is 0 Å². The summed E-state index contributed by atoms with van der Waals surface area (Å²) in [6, 6.07) is 19.6. The van der Waals surface area contributed by atoms with Crippen LogP contribution in [0.1, 0.15) is 11.4 Å². The number of hydrogen-bond donors (Lipinski definition) is 4.